The maximum atomic E-state index is 12.7. The normalized spacial score (nSPS) is 22.6. The molecule has 140 valence electrons. The topological polar surface area (TPSA) is 58.6 Å². The molecule has 1 unspecified atom stereocenters. The average Bonchev–Trinajstić information content (AvgIpc) is 3.40. The maximum absolute atomic E-state index is 12.7. The number of carbonyl (C=O) groups is 2. The number of anilines is 2. The van der Waals surface area contributed by atoms with E-state index in [1.807, 2.05) is 23.1 Å². The van der Waals surface area contributed by atoms with Crippen LogP contribution in [0.25, 0.3) is 0 Å². The van der Waals surface area contributed by atoms with Gasteiger partial charge in [0.05, 0.1) is 0 Å². The van der Waals surface area contributed by atoms with E-state index in [1.165, 1.54) is 31.2 Å². The van der Waals surface area contributed by atoms with Gasteiger partial charge in [0.1, 0.15) is 6.10 Å². The molecule has 2 heterocycles. The van der Waals surface area contributed by atoms with Crippen LogP contribution in [0.5, 0.6) is 0 Å². The molecule has 1 saturated carbocycles. The van der Waals surface area contributed by atoms with E-state index in [0.717, 1.165) is 43.0 Å². The van der Waals surface area contributed by atoms with Gasteiger partial charge in [0.15, 0.2) is 0 Å². The molecule has 5 nitrogen and oxygen atoms in total. The number of fused-ring (bicyclic) bond motifs is 1. The van der Waals surface area contributed by atoms with Crippen molar-refractivity contribution < 1.29 is 14.3 Å². The summed E-state index contributed by atoms with van der Waals surface area (Å²) in [5, 5.41) is 3.02. The Bertz CT molecular complexity index is 676. The number of benzene rings is 1. The lowest BCUT2D eigenvalue weighted by Gasteiger charge is -2.21. The predicted molar refractivity (Wildman–Crippen MR) is 101 cm³/mol. The third-order valence-corrected chi connectivity index (χ3v) is 5.99. The number of nitrogens with one attached hydrogen (secondary N) is 1. The summed E-state index contributed by atoms with van der Waals surface area (Å²) in [6, 6.07) is 5.93. The predicted octanol–water partition coefficient (Wildman–Crippen LogP) is 3.66. The fourth-order valence-corrected chi connectivity index (χ4v) is 4.49. The summed E-state index contributed by atoms with van der Waals surface area (Å²) in [6.45, 7) is 1.38. The molecule has 0 aromatic heterocycles. The van der Waals surface area contributed by atoms with Crippen LogP contribution in [-0.2, 0) is 20.7 Å². The van der Waals surface area contributed by atoms with Crippen molar-refractivity contribution in [3.8, 4) is 0 Å². The zero-order valence-corrected chi connectivity index (χ0v) is 15.3. The first-order valence-electron chi connectivity index (χ1n) is 10.1. The first kappa shape index (κ1) is 17.5. The highest BCUT2D eigenvalue weighted by Gasteiger charge is 2.32. The Morgan fingerprint density at radius 1 is 1.15 bits per heavy atom. The van der Waals surface area contributed by atoms with Gasteiger partial charge in [-0.15, -0.1) is 0 Å². The lowest BCUT2D eigenvalue weighted by molar-refractivity contribution is -0.127. The fraction of sp³-hybridized carbons (Fsp3) is 0.619. The van der Waals surface area contributed by atoms with Crippen LogP contribution in [0.3, 0.4) is 0 Å². The highest BCUT2D eigenvalue weighted by molar-refractivity contribution is 6.00. The maximum Gasteiger partial charge on any atom is 0.256 e. The van der Waals surface area contributed by atoms with E-state index in [2.05, 4.69) is 5.32 Å². The Labute approximate surface area is 155 Å². The molecule has 2 aliphatic heterocycles. The lowest BCUT2D eigenvalue weighted by Crippen LogP contribution is -2.37. The number of nitrogens with zero attached hydrogens (tertiary/aromatic N) is 1. The van der Waals surface area contributed by atoms with Crippen LogP contribution in [0, 0.1) is 5.92 Å². The molecule has 5 heteroatoms. The molecule has 0 spiro atoms. The van der Waals surface area contributed by atoms with Gasteiger partial charge in [0.2, 0.25) is 5.91 Å². The van der Waals surface area contributed by atoms with Gasteiger partial charge in [0.25, 0.3) is 5.91 Å². The monoisotopic (exact) mass is 356 g/mol. The summed E-state index contributed by atoms with van der Waals surface area (Å²) in [6.07, 6.45) is 9.06. The first-order valence-corrected chi connectivity index (χ1v) is 10.1. The molecular weight excluding hydrogens is 328 g/mol. The van der Waals surface area contributed by atoms with Crippen LogP contribution in [0.4, 0.5) is 11.4 Å². The summed E-state index contributed by atoms with van der Waals surface area (Å²) < 4.78 is 5.56. The zero-order chi connectivity index (χ0) is 17.9. The van der Waals surface area contributed by atoms with Crippen molar-refractivity contribution in [2.75, 3.05) is 23.4 Å². The smallest absolute Gasteiger partial charge is 0.256 e. The van der Waals surface area contributed by atoms with E-state index in [1.54, 1.807) is 0 Å². The molecule has 3 aliphatic rings. The molecule has 26 heavy (non-hydrogen) atoms. The molecule has 1 N–H and O–H groups in total. The Kier molecular flexibility index (Phi) is 5.25. The number of carbonyl (C=O) groups excluding carboxylic acids is 2. The van der Waals surface area contributed by atoms with Gasteiger partial charge in [-0.3, -0.25) is 9.59 Å². The number of rotatable bonds is 5. The lowest BCUT2D eigenvalue weighted by atomic mass is 10.0. The number of amides is 2. The van der Waals surface area contributed by atoms with Gasteiger partial charge in [-0.25, -0.2) is 0 Å². The van der Waals surface area contributed by atoms with Crippen LogP contribution >= 0.6 is 0 Å². The van der Waals surface area contributed by atoms with Crippen molar-refractivity contribution in [2.45, 2.75) is 63.9 Å². The molecule has 1 aromatic carbocycles. The summed E-state index contributed by atoms with van der Waals surface area (Å²) >= 11 is 0. The highest BCUT2D eigenvalue weighted by Crippen LogP contribution is 2.33. The second kappa shape index (κ2) is 7.78. The van der Waals surface area contributed by atoms with Crippen molar-refractivity contribution >= 4 is 23.2 Å². The Balaban J connectivity index is 1.38. The molecule has 1 aliphatic carbocycles. The van der Waals surface area contributed by atoms with Crippen LogP contribution in [0.1, 0.15) is 56.9 Å². The molecule has 4 rings (SSSR count). The quantitative estimate of drug-likeness (QED) is 0.876. The zero-order valence-electron chi connectivity index (χ0n) is 15.3. The van der Waals surface area contributed by atoms with Crippen LogP contribution < -0.4 is 10.2 Å². The van der Waals surface area contributed by atoms with Crippen molar-refractivity contribution in [2.24, 2.45) is 5.92 Å². The molecule has 1 saturated heterocycles. The molecule has 2 fully saturated rings. The number of hydrogen-bond acceptors (Lipinski definition) is 3. The Morgan fingerprint density at radius 2 is 2.00 bits per heavy atom. The fourth-order valence-electron chi connectivity index (χ4n) is 4.49. The van der Waals surface area contributed by atoms with Gasteiger partial charge in [-0.2, -0.15) is 0 Å². The standard InChI is InChI=1S/C21H28N2O3/c24-20(10-7-15-4-1-2-5-15)22-17-9-8-16-11-12-23(18(16)14-17)21(25)19-6-3-13-26-19/h8-9,14-15,19H,1-7,10-13H2,(H,22,24). The molecule has 2 amide bonds. The second-order valence-electron chi connectivity index (χ2n) is 7.82. The minimum absolute atomic E-state index is 0.0611. The van der Waals surface area contributed by atoms with E-state index in [4.69, 9.17) is 4.74 Å². The second-order valence-corrected chi connectivity index (χ2v) is 7.82. The van der Waals surface area contributed by atoms with E-state index in [9.17, 15) is 9.59 Å². The SMILES string of the molecule is O=C(CCC1CCCC1)Nc1ccc2c(c1)N(C(=O)C1CCCO1)CC2. The molecule has 1 atom stereocenters. The summed E-state index contributed by atoms with van der Waals surface area (Å²) in [7, 11) is 0. The Morgan fingerprint density at radius 3 is 2.77 bits per heavy atom. The van der Waals surface area contributed by atoms with Crippen LogP contribution in [0.15, 0.2) is 18.2 Å². The van der Waals surface area contributed by atoms with Gasteiger partial charge < -0.3 is 15.0 Å². The van der Waals surface area contributed by atoms with Crippen LogP contribution in [-0.4, -0.2) is 31.1 Å². The molecule has 0 radical (unpaired) electrons. The Hall–Kier alpha value is -1.88. The molecule has 0 bridgehead atoms. The van der Waals surface area contributed by atoms with Gasteiger partial charge in [0, 0.05) is 30.9 Å². The third-order valence-electron chi connectivity index (χ3n) is 5.99. The minimum Gasteiger partial charge on any atom is -0.368 e. The van der Waals surface area contributed by atoms with E-state index in [0.29, 0.717) is 19.6 Å². The minimum atomic E-state index is -0.300. The summed E-state index contributed by atoms with van der Waals surface area (Å²) in [5.74, 6) is 0.859. The van der Waals surface area contributed by atoms with Crippen molar-refractivity contribution in [1.82, 2.24) is 0 Å². The van der Waals surface area contributed by atoms with Crippen molar-refractivity contribution in [3.05, 3.63) is 23.8 Å². The van der Waals surface area contributed by atoms with E-state index < -0.39 is 0 Å². The van der Waals surface area contributed by atoms with Crippen molar-refractivity contribution in [3.63, 3.8) is 0 Å². The summed E-state index contributed by atoms with van der Waals surface area (Å²) in [5.41, 5.74) is 2.88. The third kappa shape index (κ3) is 3.78. The molecule has 1 aromatic rings. The van der Waals surface area contributed by atoms with E-state index in [-0.39, 0.29) is 17.9 Å². The van der Waals surface area contributed by atoms with E-state index >= 15 is 0 Å². The number of ether oxygens (including phenoxy) is 1. The highest BCUT2D eigenvalue weighted by atomic mass is 16.5. The van der Waals surface area contributed by atoms with Gasteiger partial charge >= 0.3 is 0 Å². The van der Waals surface area contributed by atoms with Crippen LogP contribution in [0.2, 0.25) is 0 Å². The van der Waals surface area contributed by atoms with Gasteiger partial charge in [-0.05, 0) is 49.3 Å². The molecular formula is C21H28N2O3. The number of hydrogen-bond donors (Lipinski definition) is 1. The van der Waals surface area contributed by atoms with Gasteiger partial charge in [-0.1, -0.05) is 31.7 Å². The average molecular weight is 356 g/mol. The first-order chi connectivity index (χ1) is 12.7. The van der Waals surface area contributed by atoms with Crippen molar-refractivity contribution in [1.29, 1.82) is 0 Å². The summed E-state index contributed by atoms with van der Waals surface area (Å²) in [4.78, 5) is 26.8. The largest absolute Gasteiger partial charge is 0.368 e.